The van der Waals surface area contributed by atoms with Crippen molar-refractivity contribution < 1.29 is 19.4 Å². The van der Waals surface area contributed by atoms with Crippen molar-refractivity contribution in [3.63, 3.8) is 0 Å². The van der Waals surface area contributed by atoms with E-state index in [9.17, 15) is 14.7 Å². The first kappa shape index (κ1) is 28.7. The average Bonchev–Trinajstić information content (AvgIpc) is 2.73. The molecular formula is C26H48O4. The first-order chi connectivity index (χ1) is 14.6. The highest BCUT2D eigenvalue weighted by Crippen LogP contribution is 2.15. The summed E-state index contributed by atoms with van der Waals surface area (Å²) in [7, 11) is 0. The molecule has 4 nitrogen and oxygen atoms in total. The Kier molecular flexibility index (Phi) is 21.4. The number of allylic oxidation sites excluding steroid dienone is 2. The van der Waals surface area contributed by atoms with E-state index in [2.05, 4.69) is 19.1 Å². The predicted molar refractivity (Wildman–Crippen MR) is 126 cm³/mol. The van der Waals surface area contributed by atoms with E-state index in [1.165, 1.54) is 83.5 Å². The van der Waals surface area contributed by atoms with E-state index in [0.29, 0.717) is 19.4 Å². The molecule has 0 bridgehead atoms. The van der Waals surface area contributed by atoms with Gasteiger partial charge in [0.2, 0.25) is 0 Å². The molecule has 0 saturated carbocycles. The van der Waals surface area contributed by atoms with Gasteiger partial charge in [-0.15, -0.1) is 0 Å². The summed E-state index contributed by atoms with van der Waals surface area (Å²) < 4.78 is 4.99. The molecule has 0 spiro atoms. The molecule has 0 fully saturated rings. The molecule has 0 aromatic rings. The standard InChI is InChI=1S/C26H48O4/c1-3-5-6-7-8-9-10-11-12-13-14-15-16-17-18-19-20-21-24(26(28)29)23-25(27)30-22-4-2/h18-19,24H,3-17,20-23H2,1-2H3,(H,28,29)/b19-18+. The van der Waals surface area contributed by atoms with Crippen molar-refractivity contribution in [2.75, 3.05) is 6.61 Å². The molecule has 176 valence electrons. The van der Waals surface area contributed by atoms with Crippen LogP contribution in [0.25, 0.3) is 0 Å². The molecule has 0 aliphatic rings. The molecule has 1 N–H and O–H groups in total. The van der Waals surface area contributed by atoms with Gasteiger partial charge in [-0.3, -0.25) is 9.59 Å². The second-order valence-corrected chi connectivity index (χ2v) is 8.54. The Bertz CT molecular complexity index is 431. The number of carbonyl (C=O) groups excluding carboxylic acids is 1. The second-order valence-electron chi connectivity index (χ2n) is 8.54. The Morgan fingerprint density at radius 3 is 1.73 bits per heavy atom. The number of aliphatic carboxylic acids is 1. The molecule has 0 radical (unpaired) electrons. The quantitative estimate of drug-likeness (QED) is 0.109. The molecule has 1 atom stereocenters. The van der Waals surface area contributed by atoms with Gasteiger partial charge >= 0.3 is 11.9 Å². The number of ether oxygens (including phenoxy) is 1. The maximum atomic E-state index is 11.6. The van der Waals surface area contributed by atoms with E-state index in [1.54, 1.807) is 0 Å². The van der Waals surface area contributed by atoms with E-state index < -0.39 is 17.9 Å². The van der Waals surface area contributed by atoms with Crippen LogP contribution in [0.15, 0.2) is 12.2 Å². The fourth-order valence-electron chi connectivity index (χ4n) is 3.60. The van der Waals surface area contributed by atoms with Crippen molar-refractivity contribution in [2.24, 2.45) is 5.92 Å². The highest BCUT2D eigenvalue weighted by Gasteiger charge is 2.21. The summed E-state index contributed by atoms with van der Waals surface area (Å²) in [5.41, 5.74) is 0. The third-order valence-corrected chi connectivity index (χ3v) is 5.55. The zero-order chi connectivity index (χ0) is 22.3. The number of rotatable bonds is 22. The normalized spacial score (nSPS) is 12.3. The molecule has 1 unspecified atom stereocenters. The van der Waals surface area contributed by atoms with Crippen molar-refractivity contribution in [3.8, 4) is 0 Å². The van der Waals surface area contributed by atoms with Crippen LogP contribution in [0, 0.1) is 5.92 Å². The topological polar surface area (TPSA) is 63.6 Å². The van der Waals surface area contributed by atoms with Gasteiger partial charge in [-0.05, 0) is 32.1 Å². The van der Waals surface area contributed by atoms with Crippen LogP contribution in [0.4, 0.5) is 0 Å². The van der Waals surface area contributed by atoms with E-state index >= 15 is 0 Å². The summed E-state index contributed by atoms with van der Waals surface area (Å²) in [5, 5.41) is 9.25. The van der Waals surface area contributed by atoms with Gasteiger partial charge in [0.1, 0.15) is 0 Å². The Morgan fingerprint density at radius 1 is 0.733 bits per heavy atom. The van der Waals surface area contributed by atoms with Gasteiger partial charge in [-0.25, -0.2) is 0 Å². The maximum absolute atomic E-state index is 11.6. The summed E-state index contributed by atoms with van der Waals surface area (Å²) in [4.78, 5) is 22.9. The highest BCUT2D eigenvalue weighted by atomic mass is 16.5. The van der Waals surface area contributed by atoms with Crippen LogP contribution in [0.2, 0.25) is 0 Å². The summed E-state index contributed by atoms with van der Waals surface area (Å²) in [5.74, 6) is -1.95. The van der Waals surface area contributed by atoms with Crippen LogP contribution in [0.5, 0.6) is 0 Å². The Balaban J connectivity index is 3.51. The van der Waals surface area contributed by atoms with E-state index in [1.807, 2.05) is 6.92 Å². The second kappa shape index (κ2) is 22.4. The fraction of sp³-hybridized carbons (Fsp3) is 0.846. The van der Waals surface area contributed by atoms with Crippen LogP contribution in [0.3, 0.4) is 0 Å². The monoisotopic (exact) mass is 424 g/mol. The molecule has 0 aliphatic heterocycles. The van der Waals surface area contributed by atoms with E-state index in [4.69, 9.17) is 4.74 Å². The number of unbranched alkanes of at least 4 members (excludes halogenated alkanes) is 13. The SMILES string of the molecule is CCCCCCCCCCCCCCC/C=C/CCC(CC(=O)OCCC)C(=O)O. The molecule has 30 heavy (non-hydrogen) atoms. The van der Waals surface area contributed by atoms with Crippen LogP contribution in [-0.4, -0.2) is 23.7 Å². The van der Waals surface area contributed by atoms with Crippen LogP contribution < -0.4 is 0 Å². The van der Waals surface area contributed by atoms with Crippen molar-refractivity contribution in [2.45, 2.75) is 129 Å². The first-order valence-electron chi connectivity index (χ1n) is 12.6. The predicted octanol–water partition coefficient (Wildman–Crippen LogP) is 7.85. The molecule has 0 saturated heterocycles. The smallest absolute Gasteiger partial charge is 0.307 e. The van der Waals surface area contributed by atoms with Crippen molar-refractivity contribution in [1.82, 2.24) is 0 Å². The van der Waals surface area contributed by atoms with Crippen LogP contribution >= 0.6 is 0 Å². The molecule has 0 rings (SSSR count). The van der Waals surface area contributed by atoms with Crippen LogP contribution in [-0.2, 0) is 14.3 Å². The highest BCUT2D eigenvalue weighted by molar-refractivity contribution is 5.78. The number of esters is 1. The molecule has 4 heteroatoms. The van der Waals surface area contributed by atoms with Gasteiger partial charge in [0.15, 0.2) is 0 Å². The Labute approximate surface area is 185 Å². The molecule has 0 aromatic heterocycles. The van der Waals surface area contributed by atoms with Gasteiger partial charge < -0.3 is 9.84 Å². The molecular weight excluding hydrogens is 376 g/mol. The zero-order valence-electron chi connectivity index (χ0n) is 19.8. The van der Waals surface area contributed by atoms with Gasteiger partial charge in [0, 0.05) is 0 Å². The average molecular weight is 425 g/mol. The van der Waals surface area contributed by atoms with Crippen molar-refractivity contribution in [3.05, 3.63) is 12.2 Å². The van der Waals surface area contributed by atoms with E-state index in [-0.39, 0.29) is 6.42 Å². The summed E-state index contributed by atoms with van der Waals surface area (Å²) in [6.45, 7) is 4.55. The summed E-state index contributed by atoms with van der Waals surface area (Å²) in [6, 6.07) is 0. The lowest BCUT2D eigenvalue weighted by Crippen LogP contribution is -2.19. The van der Waals surface area contributed by atoms with Crippen LogP contribution in [0.1, 0.15) is 129 Å². The van der Waals surface area contributed by atoms with E-state index in [0.717, 1.165) is 12.8 Å². The lowest BCUT2D eigenvalue weighted by molar-refractivity contribution is -0.151. The maximum Gasteiger partial charge on any atom is 0.307 e. The van der Waals surface area contributed by atoms with Crippen molar-refractivity contribution in [1.29, 1.82) is 0 Å². The lowest BCUT2D eigenvalue weighted by Gasteiger charge is -2.10. The van der Waals surface area contributed by atoms with Gasteiger partial charge in [-0.2, -0.15) is 0 Å². The minimum Gasteiger partial charge on any atom is -0.481 e. The number of hydrogen-bond acceptors (Lipinski definition) is 3. The minimum absolute atomic E-state index is 0.0258. The minimum atomic E-state index is -0.909. The fourth-order valence-corrected chi connectivity index (χ4v) is 3.60. The zero-order valence-corrected chi connectivity index (χ0v) is 19.8. The summed E-state index contributed by atoms with van der Waals surface area (Å²) >= 11 is 0. The van der Waals surface area contributed by atoms with Gasteiger partial charge in [-0.1, -0.05) is 103 Å². The number of carboxylic acid groups (broad SMARTS) is 1. The molecule has 0 amide bonds. The van der Waals surface area contributed by atoms with Crippen molar-refractivity contribution >= 4 is 11.9 Å². The Hall–Kier alpha value is -1.32. The third kappa shape index (κ3) is 20.0. The lowest BCUT2D eigenvalue weighted by atomic mass is 9.99. The molecule has 0 aromatic carbocycles. The van der Waals surface area contributed by atoms with Gasteiger partial charge in [0.05, 0.1) is 18.9 Å². The third-order valence-electron chi connectivity index (χ3n) is 5.55. The number of carbonyl (C=O) groups is 2. The molecule has 0 heterocycles. The molecule has 0 aliphatic carbocycles. The summed E-state index contributed by atoms with van der Waals surface area (Å²) in [6.07, 6.45) is 25.0. The number of hydrogen-bond donors (Lipinski definition) is 1. The number of carboxylic acids is 1. The first-order valence-corrected chi connectivity index (χ1v) is 12.6. The largest absolute Gasteiger partial charge is 0.481 e. The Morgan fingerprint density at radius 2 is 1.23 bits per heavy atom. The van der Waals surface area contributed by atoms with Gasteiger partial charge in [0.25, 0.3) is 0 Å².